The van der Waals surface area contributed by atoms with Gasteiger partial charge in [-0.2, -0.15) is 0 Å². The molecular formula is C22H26ClN5O3. The van der Waals surface area contributed by atoms with E-state index in [2.05, 4.69) is 14.9 Å². The molecule has 1 atom stereocenters. The Hall–Kier alpha value is -2.84. The Balaban J connectivity index is 1.43. The van der Waals surface area contributed by atoms with Gasteiger partial charge in [-0.3, -0.25) is 14.1 Å². The minimum Gasteiger partial charge on any atom is -0.465 e. The standard InChI is InChI=1S/C22H26ClN5O3/c1-2-31-21(29)19-16-26(18-8-5-7-17(23)15-18)14-13-25(19)10-6-12-28-22(30)27-11-4-3-9-20(27)24-28/h3-5,7-9,11,15,19H,2,6,10,12-14,16H2,1H3. The van der Waals surface area contributed by atoms with Crippen molar-refractivity contribution in [2.24, 2.45) is 0 Å². The molecule has 1 fully saturated rings. The average molecular weight is 444 g/mol. The Bertz CT molecular complexity index is 1110. The maximum Gasteiger partial charge on any atom is 0.350 e. The number of esters is 1. The van der Waals surface area contributed by atoms with Crippen LogP contribution in [0.15, 0.2) is 53.5 Å². The molecule has 164 valence electrons. The van der Waals surface area contributed by atoms with Gasteiger partial charge < -0.3 is 9.64 Å². The zero-order valence-electron chi connectivity index (χ0n) is 17.5. The normalized spacial score (nSPS) is 17.2. The Labute approximate surface area is 185 Å². The van der Waals surface area contributed by atoms with E-state index >= 15 is 0 Å². The first-order valence-corrected chi connectivity index (χ1v) is 10.9. The molecule has 4 rings (SSSR count). The largest absolute Gasteiger partial charge is 0.465 e. The van der Waals surface area contributed by atoms with Crippen molar-refractivity contribution in [2.45, 2.75) is 25.9 Å². The van der Waals surface area contributed by atoms with Crippen molar-refractivity contribution in [3.05, 3.63) is 64.2 Å². The van der Waals surface area contributed by atoms with Gasteiger partial charge in [-0.25, -0.2) is 9.48 Å². The van der Waals surface area contributed by atoms with Crippen molar-refractivity contribution in [3.63, 3.8) is 0 Å². The fraction of sp³-hybridized carbons (Fsp3) is 0.409. The zero-order valence-corrected chi connectivity index (χ0v) is 18.2. The number of carbonyl (C=O) groups excluding carboxylic acids is 1. The van der Waals surface area contributed by atoms with Gasteiger partial charge in [-0.15, -0.1) is 5.10 Å². The number of aryl methyl sites for hydroxylation is 1. The Kier molecular flexibility index (Phi) is 6.58. The van der Waals surface area contributed by atoms with Crippen LogP contribution in [0.25, 0.3) is 5.65 Å². The summed E-state index contributed by atoms with van der Waals surface area (Å²) in [5.74, 6) is -0.223. The minimum atomic E-state index is -0.370. The van der Waals surface area contributed by atoms with Crippen LogP contribution in [0.2, 0.25) is 5.02 Å². The number of hydrogen-bond donors (Lipinski definition) is 0. The molecule has 0 amide bonds. The molecule has 2 aromatic heterocycles. The number of hydrogen-bond acceptors (Lipinski definition) is 6. The first kappa shape index (κ1) is 21.4. The van der Waals surface area contributed by atoms with Gasteiger partial charge >= 0.3 is 11.7 Å². The average Bonchev–Trinajstić information content (AvgIpc) is 3.10. The molecule has 0 bridgehead atoms. The quantitative estimate of drug-likeness (QED) is 0.522. The van der Waals surface area contributed by atoms with E-state index in [-0.39, 0.29) is 17.7 Å². The van der Waals surface area contributed by atoms with Crippen LogP contribution in [0, 0.1) is 0 Å². The number of fused-ring (bicyclic) bond motifs is 1. The van der Waals surface area contributed by atoms with Crippen LogP contribution in [0.1, 0.15) is 13.3 Å². The molecule has 8 nitrogen and oxygen atoms in total. The summed E-state index contributed by atoms with van der Waals surface area (Å²) in [4.78, 5) is 29.4. The van der Waals surface area contributed by atoms with Gasteiger partial charge in [0.25, 0.3) is 0 Å². The summed E-state index contributed by atoms with van der Waals surface area (Å²) in [6.07, 6.45) is 2.42. The van der Waals surface area contributed by atoms with Gasteiger partial charge in [-0.1, -0.05) is 23.7 Å². The van der Waals surface area contributed by atoms with E-state index in [0.29, 0.717) is 43.3 Å². The lowest BCUT2D eigenvalue weighted by Crippen LogP contribution is -2.57. The SMILES string of the molecule is CCOC(=O)C1CN(c2cccc(Cl)c2)CCN1CCCn1nc2ccccn2c1=O. The number of aromatic nitrogens is 3. The van der Waals surface area contributed by atoms with Gasteiger partial charge in [0.1, 0.15) is 6.04 Å². The monoisotopic (exact) mass is 443 g/mol. The fourth-order valence-corrected chi connectivity index (χ4v) is 4.18. The lowest BCUT2D eigenvalue weighted by molar-refractivity contribution is -0.149. The van der Waals surface area contributed by atoms with Gasteiger partial charge in [0.05, 0.1) is 6.61 Å². The molecule has 9 heteroatoms. The number of rotatable bonds is 7. The molecule has 1 aliphatic rings. The molecule has 1 saturated heterocycles. The number of halogens is 1. The first-order valence-electron chi connectivity index (χ1n) is 10.5. The predicted molar refractivity (Wildman–Crippen MR) is 120 cm³/mol. The van der Waals surface area contributed by atoms with Gasteiger partial charge in [0.15, 0.2) is 5.65 Å². The predicted octanol–water partition coefficient (Wildman–Crippen LogP) is 2.29. The summed E-state index contributed by atoms with van der Waals surface area (Å²) in [6.45, 7) is 5.36. The number of pyridine rings is 1. The van der Waals surface area contributed by atoms with Crippen LogP contribution in [0.5, 0.6) is 0 Å². The molecular weight excluding hydrogens is 418 g/mol. The van der Waals surface area contributed by atoms with Gasteiger partial charge in [-0.05, 0) is 43.7 Å². The van der Waals surface area contributed by atoms with E-state index in [0.717, 1.165) is 18.8 Å². The van der Waals surface area contributed by atoms with Crippen molar-refractivity contribution in [3.8, 4) is 0 Å². The molecule has 0 aliphatic carbocycles. The topological polar surface area (TPSA) is 72.1 Å². The molecule has 1 aromatic carbocycles. The zero-order chi connectivity index (χ0) is 21.8. The maximum atomic E-state index is 12.7. The third-order valence-electron chi connectivity index (χ3n) is 5.53. The molecule has 3 heterocycles. The lowest BCUT2D eigenvalue weighted by Gasteiger charge is -2.41. The van der Waals surface area contributed by atoms with Crippen molar-refractivity contribution < 1.29 is 9.53 Å². The summed E-state index contributed by atoms with van der Waals surface area (Å²) in [5.41, 5.74) is 1.48. The molecule has 0 spiro atoms. The molecule has 0 saturated carbocycles. The smallest absolute Gasteiger partial charge is 0.350 e. The molecule has 1 aliphatic heterocycles. The van der Waals surface area contributed by atoms with E-state index in [4.69, 9.17) is 16.3 Å². The van der Waals surface area contributed by atoms with Crippen molar-refractivity contribution in [1.82, 2.24) is 19.1 Å². The molecule has 0 N–H and O–H groups in total. The van der Waals surface area contributed by atoms with Crippen LogP contribution in [0.4, 0.5) is 5.69 Å². The Morgan fingerprint density at radius 1 is 1.19 bits per heavy atom. The van der Waals surface area contributed by atoms with E-state index in [9.17, 15) is 9.59 Å². The van der Waals surface area contributed by atoms with E-state index in [1.807, 2.05) is 49.4 Å². The van der Waals surface area contributed by atoms with E-state index in [1.54, 1.807) is 6.20 Å². The Morgan fingerprint density at radius 3 is 2.84 bits per heavy atom. The molecule has 0 radical (unpaired) electrons. The number of benzene rings is 1. The van der Waals surface area contributed by atoms with Crippen LogP contribution in [-0.4, -0.2) is 63.9 Å². The number of nitrogens with zero attached hydrogens (tertiary/aromatic N) is 5. The fourth-order valence-electron chi connectivity index (χ4n) is 3.99. The highest BCUT2D eigenvalue weighted by Gasteiger charge is 2.33. The summed E-state index contributed by atoms with van der Waals surface area (Å²) in [7, 11) is 0. The second-order valence-corrected chi connectivity index (χ2v) is 7.95. The van der Waals surface area contributed by atoms with Crippen LogP contribution in [-0.2, 0) is 16.1 Å². The number of carbonyl (C=O) groups is 1. The van der Waals surface area contributed by atoms with Crippen LogP contribution < -0.4 is 10.6 Å². The van der Waals surface area contributed by atoms with Crippen LogP contribution >= 0.6 is 11.6 Å². The lowest BCUT2D eigenvalue weighted by atomic mass is 10.1. The second kappa shape index (κ2) is 9.53. The summed E-state index contributed by atoms with van der Waals surface area (Å²) in [6, 6.07) is 12.8. The Morgan fingerprint density at radius 2 is 2.06 bits per heavy atom. The highest BCUT2D eigenvalue weighted by atomic mass is 35.5. The summed E-state index contributed by atoms with van der Waals surface area (Å²) in [5, 5.41) is 5.05. The third-order valence-corrected chi connectivity index (χ3v) is 5.76. The molecule has 3 aromatic rings. The number of anilines is 1. The second-order valence-electron chi connectivity index (χ2n) is 7.52. The summed E-state index contributed by atoms with van der Waals surface area (Å²) < 4.78 is 8.35. The van der Waals surface area contributed by atoms with Crippen LogP contribution in [0.3, 0.4) is 0 Å². The van der Waals surface area contributed by atoms with E-state index in [1.165, 1.54) is 9.08 Å². The molecule has 1 unspecified atom stereocenters. The number of piperazine rings is 1. The van der Waals surface area contributed by atoms with Gasteiger partial charge in [0, 0.05) is 49.6 Å². The summed E-state index contributed by atoms with van der Waals surface area (Å²) >= 11 is 6.15. The van der Waals surface area contributed by atoms with Crippen molar-refractivity contribution >= 4 is 28.9 Å². The minimum absolute atomic E-state index is 0.150. The van der Waals surface area contributed by atoms with Crippen molar-refractivity contribution in [2.75, 3.05) is 37.7 Å². The molecule has 31 heavy (non-hydrogen) atoms. The highest BCUT2D eigenvalue weighted by Crippen LogP contribution is 2.23. The van der Waals surface area contributed by atoms with Gasteiger partial charge in [0.2, 0.25) is 0 Å². The first-order chi connectivity index (χ1) is 15.1. The number of ether oxygens (including phenoxy) is 1. The van der Waals surface area contributed by atoms with E-state index < -0.39 is 0 Å². The third kappa shape index (κ3) is 4.75. The van der Waals surface area contributed by atoms with Crippen molar-refractivity contribution in [1.29, 1.82) is 0 Å². The highest BCUT2D eigenvalue weighted by molar-refractivity contribution is 6.30. The maximum absolute atomic E-state index is 12.7.